The van der Waals surface area contributed by atoms with Crippen LogP contribution in [0.15, 0.2) is 84.9 Å². The van der Waals surface area contributed by atoms with E-state index in [1.165, 1.54) is 0 Å². The summed E-state index contributed by atoms with van der Waals surface area (Å²) in [5, 5.41) is 0. The number of carbonyl (C=O) groups excluding carboxylic acids is 2. The Labute approximate surface area is 172 Å². The Morgan fingerprint density at radius 3 is 1.69 bits per heavy atom. The van der Waals surface area contributed by atoms with Gasteiger partial charge in [-0.2, -0.15) is 0 Å². The van der Waals surface area contributed by atoms with Crippen LogP contribution < -0.4 is 0 Å². The highest BCUT2D eigenvalue weighted by Gasteiger charge is 2.25. The molecule has 0 N–H and O–H groups in total. The van der Waals surface area contributed by atoms with Gasteiger partial charge in [-0.15, -0.1) is 0 Å². The van der Waals surface area contributed by atoms with Gasteiger partial charge < -0.3 is 4.74 Å². The van der Waals surface area contributed by atoms with E-state index in [-0.39, 0.29) is 17.8 Å². The summed E-state index contributed by atoms with van der Waals surface area (Å²) in [7, 11) is 0. The molecule has 3 aromatic rings. The first-order valence-electron chi connectivity index (χ1n) is 9.76. The molecule has 0 saturated heterocycles. The Morgan fingerprint density at radius 2 is 1.24 bits per heavy atom. The predicted molar refractivity (Wildman–Crippen MR) is 115 cm³/mol. The predicted octanol–water partition coefficient (Wildman–Crippen LogP) is 5.54. The topological polar surface area (TPSA) is 43.4 Å². The first-order chi connectivity index (χ1) is 13.9. The molecule has 0 saturated carbocycles. The summed E-state index contributed by atoms with van der Waals surface area (Å²) < 4.78 is 5.44. The van der Waals surface area contributed by atoms with E-state index in [9.17, 15) is 9.59 Å². The Bertz CT molecular complexity index is 913. The van der Waals surface area contributed by atoms with Crippen LogP contribution in [0.25, 0.3) is 0 Å². The number of benzene rings is 3. The average Bonchev–Trinajstić information content (AvgIpc) is 2.73. The maximum absolute atomic E-state index is 12.9. The lowest BCUT2D eigenvalue weighted by atomic mass is 9.86. The molecular formula is C26H26O3. The van der Waals surface area contributed by atoms with Crippen molar-refractivity contribution in [3.63, 3.8) is 0 Å². The van der Waals surface area contributed by atoms with Crippen molar-refractivity contribution in [2.75, 3.05) is 6.61 Å². The minimum Gasteiger partial charge on any atom is -0.457 e. The molecule has 0 aliphatic rings. The van der Waals surface area contributed by atoms with E-state index < -0.39 is 11.9 Å². The third kappa shape index (κ3) is 5.20. The summed E-state index contributed by atoms with van der Waals surface area (Å²) in [5.41, 5.74) is 3.39. The SMILES string of the molecule is CC(C)(C)c1ccc(C(=O)COC(=O)C(c2ccccc2)c2ccccc2)cc1. The molecule has 3 nitrogen and oxygen atoms in total. The molecule has 148 valence electrons. The number of Topliss-reactive ketones (excluding diaryl/α,β-unsaturated/α-hetero) is 1. The zero-order valence-corrected chi connectivity index (χ0v) is 17.1. The van der Waals surface area contributed by atoms with Crippen molar-refractivity contribution >= 4 is 11.8 Å². The normalized spacial score (nSPS) is 11.3. The smallest absolute Gasteiger partial charge is 0.318 e. The zero-order valence-electron chi connectivity index (χ0n) is 17.1. The zero-order chi connectivity index (χ0) is 20.9. The Kier molecular flexibility index (Phi) is 6.28. The van der Waals surface area contributed by atoms with Crippen molar-refractivity contribution in [3.05, 3.63) is 107 Å². The summed E-state index contributed by atoms with van der Waals surface area (Å²) >= 11 is 0. The molecule has 0 aromatic heterocycles. The van der Waals surface area contributed by atoms with E-state index in [1.54, 1.807) is 12.1 Å². The fourth-order valence-electron chi connectivity index (χ4n) is 3.22. The van der Waals surface area contributed by atoms with Gasteiger partial charge in [0.05, 0.1) is 0 Å². The monoisotopic (exact) mass is 386 g/mol. The van der Waals surface area contributed by atoms with Crippen molar-refractivity contribution in [2.45, 2.75) is 32.1 Å². The maximum Gasteiger partial charge on any atom is 0.318 e. The highest BCUT2D eigenvalue weighted by Crippen LogP contribution is 2.26. The molecule has 3 heteroatoms. The third-order valence-corrected chi connectivity index (χ3v) is 4.92. The summed E-state index contributed by atoms with van der Waals surface area (Å²) in [5.74, 6) is -1.20. The standard InChI is InChI=1S/C26H26O3/c1-26(2,3)22-16-14-19(15-17-22)23(27)18-29-25(28)24(20-10-6-4-7-11-20)21-12-8-5-9-13-21/h4-17,24H,18H2,1-3H3. The van der Waals surface area contributed by atoms with E-state index in [0.29, 0.717) is 5.56 Å². The number of hydrogen-bond acceptors (Lipinski definition) is 3. The lowest BCUT2D eigenvalue weighted by molar-refractivity contribution is -0.143. The van der Waals surface area contributed by atoms with Gasteiger partial charge in [-0.25, -0.2) is 0 Å². The Morgan fingerprint density at radius 1 is 0.759 bits per heavy atom. The lowest BCUT2D eigenvalue weighted by Gasteiger charge is -2.19. The summed E-state index contributed by atoms with van der Waals surface area (Å²) in [4.78, 5) is 25.4. The first kappa shape index (κ1) is 20.5. The molecule has 0 aliphatic heterocycles. The third-order valence-electron chi connectivity index (χ3n) is 4.92. The molecule has 3 aromatic carbocycles. The van der Waals surface area contributed by atoms with E-state index in [1.807, 2.05) is 72.8 Å². The molecule has 0 spiro atoms. The molecule has 3 rings (SSSR count). The van der Waals surface area contributed by atoms with Gasteiger partial charge in [0.25, 0.3) is 0 Å². The van der Waals surface area contributed by atoms with Gasteiger partial charge in [-0.1, -0.05) is 106 Å². The van der Waals surface area contributed by atoms with E-state index in [4.69, 9.17) is 4.74 Å². The highest BCUT2D eigenvalue weighted by atomic mass is 16.5. The van der Waals surface area contributed by atoms with Crippen molar-refractivity contribution in [3.8, 4) is 0 Å². The van der Waals surface area contributed by atoms with Gasteiger partial charge in [0.15, 0.2) is 12.4 Å². The van der Waals surface area contributed by atoms with Crippen LogP contribution in [-0.2, 0) is 14.9 Å². The molecule has 0 aliphatic carbocycles. The van der Waals surface area contributed by atoms with Crippen LogP contribution in [0.1, 0.15) is 53.7 Å². The number of ether oxygens (including phenoxy) is 1. The molecular weight excluding hydrogens is 360 g/mol. The quantitative estimate of drug-likeness (QED) is 0.412. The van der Waals surface area contributed by atoms with Crippen LogP contribution in [0.5, 0.6) is 0 Å². The van der Waals surface area contributed by atoms with Crippen molar-refractivity contribution in [1.29, 1.82) is 0 Å². The molecule has 0 amide bonds. The van der Waals surface area contributed by atoms with Gasteiger partial charge in [0, 0.05) is 5.56 Å². The second-order valence-electron chi connectivity index (χ2n) is 8.11. The number of rotatable bonds is 6. The molecule has 0 unspecified atom stereocenters. The minimum atomic E-state index is -0.562. The second-order valence-corrected chi connectivity index (χ2v) is 8.11. The molecule has 0 atom stereocenters. The van der Waals surface area contributed by atoms with Crippen LogP contribution in [0.4, 0.5) is 0 Å². The molecule has 0 radical (unpaired) electrons. The molecule has 29 heavy (non-hydrogen) atoms. The van der Waals surface area contributed by atoms with Crippen LogP contribution in [0.3, 0.4) is 0 Å². The first-order valence-corrected chi connectivity index (χ1v) is 9.76. The Hall–Kier alpha value is -3.20. The summed E-state index contributed by atoms with van der Waals surface area (Å²) in [6.07, 6.45) is 0. The van der Waals surface area contributed by atoms with E-state index >= 15 is 0 Å². The summed E-state index contributed by atoms with van der Waals surface area (Å²) in [6, 6.07) is 26.4. The average molecular weight is 386 g/mol. The van der Waals surface area contributed by atoms with Gasteiger partial charge >= 0.3 is 5.97 Å². The number of esters is 1. The van der Waals surface area contributed by atoms with Gasteiger partial charge in [-0.05, 0) is 22.1 Å². The molecule has 0 bridgehead atoms. The van der Waals surface area contributed by atoms with Crippen molar-refractivity contribution in [2.24, 2.45) is 0 Å². The maximum atomic E-state index is 12.9. The lowest BCUT2D eigenvalue weighted by Crippen LogP contribution is -2.21. The van der Waals surface area contributed by atoms with Gasteiger partial charge in [0.2, 0.25) is 0 Å². The van der Waals surface area contributed by atoms with Gasteiger partial charge in [0.1, 0.15) is 5.92 Å². The summed E-state index contributed by atoms with van der Waals surface area (Å²) in [6.45, 7) is 6.10. The van der Waals surface area contributed by atoms with Gasteiger partial charge in [-0.3, -0.25) is 9.59 Å². The van der Waals surface area contributed by atoms with Crippen molar-refractivity contribution < 1.29 is 14.3 Å². The number of carbonyl (C=O) groups is 2. The Balaban J connectivity index is 1.73. The molecule has 0 fully saturated rings. The van der Waals surface area contributed by atoms with Crippen LogP contribution in [0, 0.1) is 0 Å². The van der Waals surface area contributed by atoms with Crippen molar-refractivity contribution in [1.82, 2.24) is 0 Å². The number of hydrogen-bond donors (Lipinski definition) is 0. The second kappa shape index (κ2) is 8.87. The highest BCUT2D eigenvalue weighted by molar-refractivity contribution is 5.98. The number of ketones is 1. The minimum absolute atomic E-state index is 0.0205. The fraction of sp³-hybridized carbons (Fsp3) is 0.231. The van der Waals surface area contributed by atoms with Crippen LogP contribution in [0.2, 0.25) is 0 Å². The van der Waals surface area contributed by atoms with E-state index in [0.717, 1.165) is 16.7 Å². The van der Waals surface area contributed by atoms with Crippen LogP contribution in [-0.4, -0.2) is 18.4 Å². The molecule has 0 heterocycles. The van der Waals surface area contributed by atoms with E-state index in [2.05, 4.69) is 20.8 Å². The fourth-order valence-corrected chi connectivity index (χ4v) is 3.22. The van der Waals surface area contributed by atoms with Crippen LogP contribution >= 0.6 is 0 Å². The largest absolute Gasteiger partial charge is 0.457 e.